The number of anilines is 1. The number of nitrogens with two attached hydrogens (primary N) is 3. The van der Waals surface area contributed by atoms with Crippen molar-refractivity contribution in [1.82, 2.24) is 20.2 Å². The summed E-state index contributed by atoms with van der Waals surface area (Å²) in [7, 11) is 0. The molecule has 0 spiro atoms. The van der Waals surface area contributed by atoms with Crippen LogP contribution in [-0.2, 0) is 20.8 Å². The van der Waals surface area contributed by atoms with Crippen molar-refractivity contribution in [1.29, 1.82) is 0 Å². The van der Waals surface area contributed by atoms with Crippen molar-refractivity contribution in [3.8, 4) is 10.6 Å². The van der Waals surface area contributed by atoms with Gasteiger partial charge in [-0.2, -0.15) is 0 Å². The van der Waals surface area contributed by atoms with E-state index in [-0.39, 0.29) is 31.4 Å². The second kappa shape index (κ2) is 14.9. The fourth-order valence-electron chi connectivity index (χ4n) is 3.76. The van der Waals surface area contributed by atoms with Gasteiger partial charge >= 0.3 is 0 Å². The molecule has 8 N–H and O–H groups in total. The summed E-state index contributed by atoms with van der Waals surface area (Å²) in [5.74, 6) is -1.30. The first-order valence-electron chi connectivity index (χ1n) is 12.4. The van der Waals surface area contributed by atoms with Crippen molar-refractivity contribution < 1.29 is 14.4 Å². The number of hydrogen-bond donors (Lipinski definition) is 5. The first kappa shape index (κ1) is 28.9. The molecule has 0 fully saturated rings. The van der Waals surface area contributed by atoms with E-state index in [1.807, 2.05) is 47.8 Å². The first-order chi connectivity index (χ1) is 18.4. The number of nitrogens with one attached hydrogen (secondary N) is 2. The molecule has 1 aromatic carbocycles. The summed E-state index contributed by atoms with van der Waals surface area (Å²) in [6.45, 7) is 1.17. The SMILES string of the molecule is NCCN(CCN)C(=O)CC(N)C(=O)NC(CCc1ccccc1)C(=O)Nc1nccc(-c2cccs2)n1. The molecule has 2 unspecified atom stereocenters. The van der Waals surface area contributed by atoms with Crippen molar-refractivity contribution in [2.75, 3.05) is 31.5 Å². The van der Waals surface area contributed by atoms with Crippen molar-refractivity contribution in [3.05, 3.63) is 65.7 Å². The number of benzene rings is 1. The van der Waals surface area contributed by atoms with Crippen molar-refractivity contribution in [3.63, 3.8) is 0 Å². The van der Waals surface area contributed by atoms with Gasteiger partial charge in [-0.15, -0.1) is 11.3 Å². The van der Waals surface area contributed by atoms with E-state index in [9.17, 15) is 14.4 Å². The summed E-state index contributed by atoms with van der Waals surface area (Å²) in [6, 6.07) is 13.1. The Morgan fingerprint density at radius 2 is 1.71 bits per heavy atom. The van der Waals surface area contributed by atoms with E-state index in [4.69, 9.17) is 17.2 Å². The lowest BCUT2D eigenvalue weighted by molar-refractivity contribution is -0.134. The Bertz CT molecular complexity index is 1170. The zero-order chi connectivity index (χ0) is 27.3. The summed E-state index contributed by atoms with van der Waals surface area (Å²) in [5, 5.41) is 7.34. The highest BCUT2D eigenvalue weighted by Gasteiger charge is 2.27. The zero-order valence-corrected chi connectivity index (χ0v) is 21.9. The molecule has 2 atom stereocenters. The molecule has 0 radical (unpaired) electrons. The first-order valence-corrected chi connectivity index (χ1v) is 13.2. The van der Waals surface area contributed by atoms with Gasteiger partial charge in [0.05, 0.1) is 23.0 Å². The molecule has 11 nitrogen and oxygen atoms in total. The maximum atomic E-state index is 13.2. The fourth-order valence-corrected chi connectivity index (χ4v) is 4.46. The number of amides is 3. The second-order valence-electron chi connectivity index (χ2n) is 8.59. The summed E-state index contributed by atoms with van der Waals surface area (Å²) in [4.78, 5) is 49.8. The van der Waals surface area contributed by atoms with Gasteiger partial charge < -0.3 is 27.4 Å². The van der Waals surface area contributed by atoms with Gasteiger partial charge in [0.1, 0.15) is 6.04 Å². The molecule has 38 heavy (non-hydrogen) atoms. The van der Waals surface area contributed by atoms with Crippen molar-refractivity contribution >= 4 is 35.0 Å². The molecule has 2 heterocycles. The highest BCUT2D eigenvalue weighted by molar-refractivity contribution is 7.13. The normalized spacial score (nSPS) is 12.4. The number of hydrogen-bond acceptors (Lipinski definition) is 9. The number of carbonyl (C=O) groups is 3. The number of thiophene rings is 1. The van der Waals surface area contributed by atoms with E-state index in [1.54, 1.807) is 12.3 Å². The lowest BCUT2D eigenvalue weighted by Gasteiger charge is -2.24. The van der Waals surface area contributed by atoms with E-state index < -0.39 is 23.9 Å². The van der Waals surface area contributed by atoms with E-state index in [2.05, 4.69) is 20.6 Å². The Labute approximate surface area is 225 Å². The van der Waals surface area contributed by atoms with E-state index in [0.29, 0.717) is 31.6 Å². The van der Waals surface area contributed by atoms with Gasteiger partial charge in [0.15, 0.2) is 0 Å². The number of nitrogens with zero attached hydrogens (tertiary/aromatic N) is 3. The summed E-state index contributed by atoms with van der Waals surface area (Å²) >= 11 is 1.52. The van der Waals surface area contributed by atoms with Crippen LogP contribution in [0.25, 0.3) is 10.6 Å². The maximum absolute atomic E-state index is 13.2. The third-order valence-corrected chi connectivity index (χ3v) is 6.64. The Kier molecular flexibility index (Phi) is 11.3. The Morgan fingerprint density at radius 3 is 2.37 bits per heavy atom. The van der Waals surface area contributed by atoms with Gasteiger partial charge in [-0.25, -0.2) is 9.97 Å². The number of rotatable bonds is 14. The van der Waals surface area contributed by atoms with Gasteiger partial charge in [0, 0.05) is 32.4 Å². The minimum atomic E-state index is -1.15. The Balaban J connectivity index is 1.69. The Morgan fingerprint density at radius 1 is 0.974 bits per heavy atom. The maximum Gasteiger partial charge on any atom is 0.249 e. The molecule has 3 rings (SSSR count). The average molecular weight is 539 g/mol. The summed E-state index contributed by atoms with van der Waals surface area (Å²) in [6.07, 6.45) is 2.17. The highest BCUT2D eigenvalue weighted by Crippen LogP contribution is 2.22. The molecule has 0 aliphatic rings. The van der Waals surface area contributed by atoms with Crippen LogP contribution in [0.4, 0.5) is 5.95 Å². The number of aromatic nitrogens is 2. The lowest BCUT2D eigenvalue weighted by Crippen LogP contribution is -2.52. The molecule has 3 amide bonds. The van der Waals surface area contributed by atoms with Crippen LogP contribution in [0.15, 0.2) is 60.1 Å². The second-order valence-corrected chi connectivity index (χ2v) is 9.53. The third-order valence-electron chi connectivity index (χ3n) is 5.74. The smallest absolute Gasteiger partial charge is 0.249 e. The molecular formula is C26H34N8O3S. The van der Waals surface area contributed by atoms with E-state index >= 15 is 0 Å². The highest BCUT2D eigenvalue weighted by atomic mass is 32.1. The summed E-state index contributed by atoms with van der Waals surface area (Å²) in [5.41, 5.74) is 18.9. The zero-order valence-electron chi connectivity index (χ0n) is 21.1. The molecule has 0 bridgehead atoms. The predicted octanol–water partition coefficient (Wildman–Crippen LogP) is 0.725. The van der Waals surface area contributed by atoms with Gasteiger partial charge in [-0.1, -0.05) is 36.4 Å². The van der Waals surface area contributed by atoms with Crippen LogP contribution in [0, 0.1) is 0 Å². The van der Waals surface area contributed by atoms with Crippen LogP contribution in [0.3, 0.4) is 0 Å². The molecule has 0 saturated heterocycles. The quantitative estimate of drug-likeness (QED) is 0.199. The van der Waals surface area contributed by atoms with Crippen LogP contribution in [0.1, 0.15) is 18.4 Å². The van der Waals surface area contributed by atoms with Crippen LogP contribution in [0.2, 0.25) is 0 Å². The molecule has 0 aliphatic carbocycles. The third kappa shape index (κ3) is 8.70. The van der Waals surface area contributed by atoms with E-state index in [1.165, 1.54) is 16.2 Å². The minimum Gasteiger partial charge on any atom is -0.343 e. The molecule has 0 aliphatic heterocycles. The van der Waals surface area contributed by atoms with Crippen LogP contribution < -0.4 is 27.8 Å². The largest absolute Gasteiger partial charge is 0.343 e. The van der Waals surface area contributed by atoms with Gasteiger partial charge in [0.2, 0.25) is 23.7 Å². The molecule has 202 valence electrons. The molecular weight excluding hydrogens is 504 g/mol. The van der Waals surface area contributed by atoms with Gasteiger partial charge in [-0.3, -0.25) is 19.7 Å². The van der Waals surface area contributed by atoms with Crippen LogP contribution >= 0.6 is 11.3 Å². The molecule has 2 aromatic heterocycles. The van der Waals surface area contributed by atoms with Gasteiger partial charge in [-0.05, 0) is 35.9 Å². The standard InChI is InChI=1S/C26H34N8O3S/c27-11-14-34(15-12-28)23(35)17-19(29)24(36)31-21(9-8-18-5-2-1-3-6-18)25(37)33-26-30-13-10-20(32-26)22-7-4-16-38-22/h1-7,10,13,16,19,21H,8-9,11-12,14-15,17,27-29H2,(H,31,36)(H,30,32,33,37). The van der Waals surface area contributed by atoms with Crippen molar-refractivity contribution in [2.45, 2.75) is 31.3 Å². The minimum absolute atomic E-state index is 0.124. The van der Waals surface area contributed by atoms with Crippen LogP contribution in [0.5, 0.6) is 0 Å². The molecule has 0 saturated carbocycles. The summed E-state index contributed by atoms with van der Waals surface area (Å²) < 4.78 is 0. The van der Waals surface area contributed by atoms with E-state index in [0.717, 1.165) is 10.4 Å². The van der Waals surface area contributed by atoms with Gasteiger partial charge in [0.25, 0.3) is 0 Å². The lowest BCUT2D eigenvalue weighted by atomic mass is 10.0. The topological polar surface area (TPSA) is 182 Å². The fraction of sp³-hybridized carbons (Fsp3) is 0.346. The molecule has 12 heteroatoms. The average Bonchev–Trinajstić information content (AvgIpc) is 3.46. The Hall–Kier alpha value is -3.71. The van der Waals surface area contributed by atoms with Crippen LogP contribution in [-0.4, -0.2) is 70.9 Å². The number of aryl methyl sites for hydroxylation is 1. The molecule has 3 aromatic rings. The monoisotopic (exact) mass is 538 g/mol. The van der Waals surface area contributed by atoms with Crippen molar-refractivity contribution in [2.24, 2.45) is 17.2 Å². The predicted molar refractivity (Wildman–Crippen MR) is 148 cm³/mol. The number of carbonyl (C=O) groups excluding carboxylic acids is 3.